The first kappa shape index (κ1) is 16.6. The van der Waals surface area contributed by atoms with Crippen LogP contribution in [0.3, 0.4) is 0 Å². The predicted octanol–water partition coefficient (Wildman–Crippen LogP) is 4.05. The third-order valence-corrected chi connectivity index (χ3v) is 5.06. The Bertz CT molecular complexity index is 897. The molecule has 1 N–H and O–H groups in total. The van der Waals surface area contributed by atoms with Crippen molar-refractivity contribution in [1.29, 1.82) is 0 Å². The van der Waals surface area contributed by atoms with E-state index in [0.29, 0.717) is 5.56 Å². The van der Waals surface area contributed by atoms with Gasteiger partial charge in [-0.25, -0.2) is 0 Å². The summed E-state index contributed by atoms with van der Waals surface area (Å²) in [5.74, 6) is -0.0151. The highest BCUT2D eigenvalue weighted by molar-refractivity contribution is 5.94. The fourth-order valence-electron chi connectivity index (χ4n) is 3.61. The number of carbonyl (C=O) groups excluding carboxylic acids is 1. The molecule has 0 spiro atoms. The van der Waals surface area contributed by atoms with Gasteiger partial charge in [0, 0.05) is 16.8 Å². The van der Waals surface area contributed by atoms with Crippen molar-refractivity contribution in [3.8, 4) is 0 Å². The largest absolute Gasteiger partial charge is 0.345 e. The lowest BCUT2D eigenvalue weighted by Crippen LogP contribution is -2.31. The van der Waals surface area contributed by atoms with Gasteiger partial charge >= 0.3 is 0 Å². The van der Waals surface area contributed by atoms with Gasteiger partial charge in [0.15, 0.2) is 0 Å². The van der Waals surface area contributed by atoms with Crippen molar-refractivity contribution >= 4 is 5.91 Å². The minimum absolute atomic E-state index is 0.0151. The Labute approximate surface area is 153 Å². The summed E-state index contributed by atoms with van der Waals surface area (Å²) in [5, 5.41) is 7.80. The van der Waals surface area contributed by atoms with Crippen LogP contribution >= 0.6 is 0 Å². The number of hydrogen-bond donors (Lipinski definition) is 1. The van der Waals surface area contributed by atoms with E-state index in [2.05, 4.69) is 39.4 Å². The molecule has 1 aliphatic carbocycles. The Balaban J connectivity index is 1.52. The van der Waals surface area contributed by atoms with Crippen LogP contribution in [0.4, 0.5) is 0 Å². The topological polar surface area (TPSA) is 46.9 Å². The second-order valence-electron chi connectivity index (χ2n) is 6.97. The first-order valence-corrected chi connectivity index (χ1v) is 9.17. The minimum Gasteiger partial charge on any atom is -0.345 e. The molecule has 0 fully saturated rings. The van der Waals surface area contributed by atoms with E-state index in [-0.39, 0.29) is 11.9 Å². The predicted molar refractivity (Wildman–Crippen MR) is 102 cm³/mol. The first-order valence-electron chi connectivity index (χ1n) is 9.17. The standard InChI is InChI=1S/C22H23N3O/c1-16-10-12-18(13-11-16)22(26)24-20-8-5-9-21-19(20)14-23-25(21)15-17-6-3-2-4-7-17/h2-4,6-7,10-14,20H,5,8-9,15H2,1H3,(H,24,26)/t20-/m1/s1. The normalized spacial score (nSPS) is 16.1. The maximum absolute atomic E-state index is 12.6. The van der Waals surface area contributed by atoms with Gasteiger partial charge in [0.2, 0.25) is 0 Å². The second-order valence-corrected chi connectivity index (χ2v) is 6.97. The van der Waals surface area contributed by atoms with Crippen LogP contribution in [0.1, 0.15) is 51.6 Å². The Morgan fingerprint density at radius 2 is 1.92 bits per heavy atom. The molecule has 0 radical (unpaired) electrons. The zero-order valence-corrected chi connectivity index (χ0v) is 15.0. The van der Waals surface area contributed by atoms with Crippen molar-refractivity contribution in [1.82, 2.24) is 15.1 Å². The average molecular weight is 345 g/mol. The molecular formula is C22H23N3O. The number of nitrogens with zero attached hydrogens (tertiary/aromatic N) is 2. The third kappa shape index (κ3) is 3.40. The fourth-order valence-corrected chi connectivity index (χ4v) is 3.61. The van der Waals surface area contributed by atoms with Gasteiger partial charge in [0.25, 0.3) is 5.91 Å². The monoisotopic (exact) mass is 345 g/mol. The number of amides is 1. The van der Waals surface area contributed by atoms with Gasteiger partial charge in [-0.15, -0.1) is 0 Å². The van der Waals surface area contributed by atoms with Crippen LogP contribution in [0.25, 0.3) is 0 Å². The number of hydrogen-bond acceptors (Lipinski definition) is 2. The van der Waals surface area contributed by atoms with Crippen LogP contribution in [0.15, 0.2) is 60.8 Å². The molecule has 4 rings (SSSR count). The number of benzene rings is 2. The molecule has 1 atom stereocenters. The Morgan fingerprint density at radius 1 is 1.15 bits per heavy atom. The molecule has 1 amide bonds. The van der Waals surface area contributed by atoms with E-state index in [4.69, 9.17) is 0 Å². The molecule has 0 unspecified atom stereocenters. The summed E-state index contributed by atoms with van der Waals surface area (Å²) in [6, 6.07) is 18.1. The highest BCUT2D eigenvalue weighted by Gasteiger charge is 2.25. The summed E-state index contributed by atoms with van der Waals surface area (Å²) >= 11 is 0. The highest BCUT2D eigenvalue weighted by Crippen LogP contribution is 2.30. The van der Waals surface area contributed by atoms with Gasteiger partial charge in [-0.2, -0.15) is 5.10 Å². The summed E-state index contributed by atoms with van der Waals surface area (Å²) in [6.07, 6.45) is 4.96. The summed E-state index contributed by atoms with van der Waals surface area (Å²) in [5.41, 5.74) is 5.51. The van der Waals surface area contributed by atoms with E-state index in [1.807, 2.05) is 43.5 Å². The maximum Gasteiger partial charge on any atom is 0.251 e. The van der Waals surface area contributed by atoms with Gasteiger partial charge in [0.1, 0.15) is 0 Å². The Kier molecular flexibility index (Phi) is 4.57. The van der Waals surface area contributed by atoms with E-state index < -0.39 is 0 Å². The van der Waals surface area contributed by atoms with E-state index in [1.54, 1.807) is 0 Å². The number of rotatable bonds is 4. The molecule has 132 valence electrons. The van der Waals surface area contributed by atoms with Crippen molar-refractivity contribution in [3.05, 3.63) is 88.7 Å². The number of carbonyl (C=O) groups is 1. The van der Waals surface area contributed by atoms with E-state index >= 15 is 0 Å². The summed E-state index contributed by atoms with van der Waals surface area (Å²) in [7, 11) is 0. The van der Waals surface area contributed by atoms with Crippen LogP contribution in [0, 0.1) is 6.92 Å². The SMILES string of the molecule is Cc1ccc(C(=O)N[C@@H]2CCCc3c2cnn3Cc2ccccc2)cc1. The fraction of sp³-hybridized carbons (Fsp3) is 0.273. The quantitative estimate of drug-likeness (QED) is 0.775. The number of aromatic nitrogens is 2. The van der Waals surface area contributed by atoms with Crippen molar-refractivity contribution < 1.29 is 4.79 Å². The number of fused-ring (bicyclic) bond motifs is 1. The molecule has 0 saturated carbocycles. The molecule has 0 bridgehead atoms. The molecule has 1 heterocycles. The van der Waals surface area contributed by atoms with Crippen LogP contribution in [-0.4, -0.2) is 15.7 Å². The van der Waals surface area contributed by atoms with Gasteiger partial charge in [-0.3, -0.25) is 9.48 Å². The van der Waals surface area contributed by atoms with Crippen LogP contribution in [-0.2, 0) is 13.0 Å². The number of aryl methyl sites for hydroxylation is 1. The highest BCUT2D eigenvalue weighted by atomic mass is 16.1. The smallest absolute Gasteiger partial charge is 0.251 e. The molecule has 0 saturated heterocycles. The maximum atomic E-state index is 12.6. The second kappa shape index (κ2) is 7.16. The summed E-state index contributed by atoms with van der Waals surface area (Å²) in [6.45, 7) is 2.80. The lowest BCUT2D eigenvalue weighted by molar-refractivity contribution is 0.0932. The molecule has 2 aromatic carbocycles. The van der Waals surface area contributed by atoms with Gasteiger partial charge < -0.3 is 5.32 Å². The van der Waals surface area contributed by atoms with Crippen molar-refractivity contribution in [2.45, 2.75) is 38.8 Å². The van der Waals surface area contributed by atoms with Crippen LogP contribution in [0.5, 0.6) is 0 Å². The third-order valence-electron chi connectivity index (χ3n) is 5.06. The van der Waals surface area contributed by atoms with Crippen molar-refractivity contribution in [2.24, 2.45) is 0 Å². The Morgan fingerprint density at radius 3 is 2.69 bits per heavy atom. The summed E-state index contributed by atoms with van der Waals surface area (Å²) in [4.78, 5) is 12.6. The minimum atomic E-state index is -0.0151. The van der Waals surface area contributed by atoms with Crippen molar-refractivity contribution in [2.75, 3.05) is 0 Å². The molecule has 26 heavy (non-hydrogen) atoms. The molecule has 1 aliphatic rings. The van der Waals surface area contributed by atoms with Gasteiger partial charge in [-0.1, -0.05) is 48.0 Å². The van der Waals surface area contributed by atoms with Crippen molar-refractivity contribution in [3.63, 3.8) is 0 Å². The first-order chi connectivity index (χ1) is 12.7. The molecule has 4 nitrogen and oxygen atoms in total. The van der Waals surface area contributed by atoms with Crippen LogP contribution in [0.2, 0.25) is 0 Å². The lowest BCUT2D eigenvalue weighted by Gasteiger charge is -2.24. The Hall–Kier alpha value is -2.88. The van der Waals surface area contributed by atoms with E-state index in [0.717, 1.165) is 36.9 Å². The molecule has 1 aromatic heterocycles. The molecule has 0 aliphatic heterocycles. The zero-order chi connectivity index (χ0) is 17.9. The van der Waals surface area contributed by atoms with Gasteiger partial charge in [0.05, 0.1) is 18.8 Å². The van der Waals surface area contributed by atoms with E-state index in [1.165, 1.54) is 11.3 Å². The lowest BCUT2D eigenvalue weighted by atomic mass is 9.92. The van der Waals surface area contributed by atoms with Crippen LogP contribution < -0.4 is 5.32 Å². The zero-order valence-electron chi connectivity index (χ0n) is 15.0. The molecule has 3 aromatic rings. The average Bonchev–Trinajstić information content (AvgIpc) is 3.07. The summed E-state index contributed by atoms with van der Waals surface area (Å²) < 4.78 is 2.08. The molecule has 4 heteroatoms. The van der Waals surface area contributed by atoms with E-state index in [9.17, 15) is 4.79 Å². The van der Waals surface area contributed by atoms with Gasteiger partial charge in [-0.05, 0) is 43.9 Å². The number of nitrogens with one attached hydrogen (secondary N) is 1. The molecular weight excluding hydrogens is 322 g/mol.